The number of halogens is 2. The fourth-order valence-electron chi connectivity index (χ4n) is 0.573. The molecule has 0 aliphatic heterocycles. The zero-order valence-electron chi connectivity index (χ0n) is 5.73. The number of alkyl halides is 1. The molecule has 0 atom stereocenters. The highest BCUT2D eigenvalue weighted by molar-refractivity contribution is 9.10. The first kappa shape index (κ1) is 9.12. The lowest BCUT2D eigenvalue weighted by Gasteiger charge is -1.81. The van der Waals surface area contributed by atoms with Crippen molar-refractivity contribution in [1.82, 2.24) is 0 Å². The Morgan fingerprint density at radius 1 is 1.64 bits per heavy atom. The standard InChI is InChI=1S/C8H6BrClS/c9-7-4-6-11-8(7)3-1-2-5-10/h4,6H,2,5H2. The smallest absolute Gasteiger partial charge is 0.0910 e. The molecule has 1 rings (SSSR count). The Morgan fingerprint density at radius 3 is 3.00 bits per heavy atom. The van der Waals surface area contributed by atoms with Gasteiger partial charge in [0, 0.05) is 16.8 Å². The summed E-state index contributed by atoms with van der Waals surface area (Å²) in [6.45, 7) is 0. The lowest BCUT2D eigenvalue weighted by atomic mass is 10.4. The molecule has 0 saturated heterocycles. The van der Waals surface area contributed by atoms with Gasteiger partial charge >= 0.3 is 0 Å². The van der Waals surface area contributed by atoms with Crippen molar-refractivity contribution in [2.24, 2.45) is 0 Å². The molecule has 0 aromatic carbocycles. The first-order chi connectivity index (χ1) is 5.34. The van der Waals surface area contributed by atoms with E-state index in [1.54, 1.807) is 11.3 Å². The van der Waals surface area contributed by atoms with Crippen molar-refractivity contribution in [3.05, 3.63) is 20.8 Å². The van der Waals surface area contributed by atoms with Gasteiger partial charge in [0.1, 0.15) is 0 Å². The molecule has 3 heteroatoms. The summed E-state index contributed by atoms with van der Waals surface area (Å²) >= 11 is 10.5. The highest BCUT2D eigenvalue weighted by Crippen LogP contribution is 2.20. The molecule has 1 heterocycles. The van der Waals surface area contributed by atoms with Crippen molar-refractivity contribution in [3.63, 3.8) is 0 Å². The first-order valence-electron chi connectivity index (χ1n) is 3.12. The fourth-order valence-corrected chi connectivity index (χ4v) is 2.01. The molecule has 0 spiro atoms. The molecule has 0 N–H and O–H groups in total. The minimum absolute atomic E-state index is 0.607. The van der Waals surface area contributed by atoms with Gasteiger partial charge in [-0.2, -0.15) is 0 Å². The SMILES string of the molecule is ClCCC#Cc1sccc1Br. The number of hydrogen-bond donors (Lipinski definition) is 0. The van der Waals surface area contributed by atoms with Crippen LogP contribution in [0.3, 0.4) is 0 Å². The van der Waals surface area contributed by atoms with Crippen LogP contribution in [0.2, 0.25) is 0 Å². The van der Waals surface area contributed by atoms with Gasteiger partial charge < -0.3 is 0 Å². The van der Waals surface area contributed by atoms with Crippen LogP contribution >= 0.6 is 38.9 Å². The van der Waals surface area contributed by atoms with Crippen molar-refractivity contribution in [1.29, 1.82) is 0 Å². The first-order valence-corrected chi connectivity index (χ1v) is 5.33. The molecule has 0 unspecified atom stereocenters. The van der Waals surface area contributed by atoms with Gasteiger partial charge in [0.05, 0.1) is 4.88 Å². The van der Waals surface area contributed by atoms with E-state index in [9.17, 15) is 0 Å². The average molecular weight is 250 g/mol. The Balaban J connectivity index is 2.65. The molecule has 58 valence electrons. The second-order valence-corrected chi connectivity index (χ2v) is 3.99. The van der Waals surface area contributed by atoms with Gasteiger partial charge in [-0.15, -0.1) is 22.9 Å². The van der Waals surface area contributed by atoms with Gasteiger partial charge in [-0.05, 0) is 27.4 Å². The van der Waals surface area contributed by atoms with Crippen LogP contribution < -0.4 is 0 Å². The molecule has 1 aromatic rings. The molecule has 0 nitrogen and oxygen atoms in total. The minimum atomic E-state index is 0.607. The predicted molar refractivity (Wildman–Crippen MR) is 54.2 cm³/mol. The summed E-state index contributed by atoms with van der Waals surface area (Å²) in [5.41, 5.74) is 0. The Bertz CT molecular complexity index is 282. The lowest BCUT2D eigenvalue weighted by molar-refractivity contribution is 1.29. The Morgan fingerprint density at radius 2 is 2.45 bits per heavy atom. The molecule has 1 aromatic heterocycles. The van der Waals surface area contributed by atoms with E-state index in [4.69, 9.17) is 11.6 Å². The van der Waals surface area contributed by atoms with Crippen LogP contribution in [0.1, 0.15) is 11.3 Å². The number of hydrogen-bond acceptors (Lipinski definition) is 1. The second-order valence-electron chi connectivity index (χ2n) is 1.84. The van der Waals surface area contributed by atoms with E-state index in [-0.39, 0.29) is 0 Å². The topological polar surface area (TPSA) is 0 Å². The monoisotopic (exact) mass is 248 g/mol. The molecule has 0 radical (unpaired) electrons. The van der Waals surface area contributed by atoms with Gasteiger partial charge in [-0.3, -0.25) is 0 Å². The van der Waals surface area contributed by atoms with E-state index < -0.39 is 0 Å². The predicted octanol–water partition coefficient (Wildman–Crippen LogP) is 3.49. The van der Waals surface area contributed by atoms with Crippen molar-refractivity contribution in [3.8, 4) is 11.8 Å². The third-order valence-electron chi connectivity index (χ3n) is 1.04. The molecular formula is C8H6BrClS. The largest absolute Gasteiger partial charge is 0.134 e. The fraction of sp³-hybridized carbons (Fsp3) is 0.250. The highest BCUT2D eigenvalue weighted by Gasteiger charge is 1.94. The Kier molecular flexibility index (Phi) is 3.99. The maximum atomic E-state index is 5.47. The summed E-state index contributed by atoms with van der Waals surface area (Å²) in [6.07, 6.45) is 0.756. The van der Waals surface area contributed by atoms with Gasteiger partial charge in [0.2, 0.25) is 0 Å². The summed E-state index contributed by atoms with van der Waals surface area (Å²) in [5.74, 6) is 6.61. The maximum absolute atomic E-state index is 5.47. The van der Waals surface area contributed by atoms with E-state index in [0.29, 0.717) is 5.88 Å². The van der Waals surface area contributed by atoms with Crippen LogP contribution in [-0.2, 0) is 0 Å². The average Bonchev–Trinajstić information content (AvgIpc) is 2.37. The van der Waals surface area contributed by atoms with Crippen LogP contribution in [0.5, 0.6) is 0 Å². The summed E-state index contributed by atoms with van der Waals surface area (Å²) in [4.78, 5) is 1.08. The van der Waals surface area contributed by atoms with Crippen LogP contribution in [0.25, 0.3) is 0 Å². The quantitative estimate of drug-likeness (QED) is 0.528. The molecular weight excluding hydrogens is 244 g/mol. The van der Waals surface area contributed by atoms with Crippen molar-refractivity contribution in [2.75, 3.05) is 5.88 Å². The third kappa shape index (κ3) is 2.86. The molecule has 0 fully saturated rings. The molecule has 11 heavy (non-hydrogen) atoms. The van der Waals surface area contributed by atoms with Crippen LogP contribution in [0, 0.1) is 11.8 Å². The molecule has 0 bridgehead atoms. The van der Waals surface area contributed by atoms with Crippen molar-refractivity contribution >= 4 is 38.9 Å². The van der Waals surface area contributed by atoms with Crippen LogP contribution in [-0.4, -0.2) is 5.88 Å². The molecule has 0 aliphatic carbocycles. The molecule has 0 aliphatic rings. The second kappa shape index (κ2) is 4.82. The summed E-state index contributed by atoms with van der Waals surface area (Å²) in [6, 6.07) is 2.00. The van der Waals surface area contributed by atoms with Gasteiger partial charge in [0.15, 0.2) is 0 Å². The molecule has 0 saturated carbocycles. The Hall–Kier alpha value is 0.0300. The van der Waals surface area contributed by atoms with E-state index >= 15 is 0 Å². The number of rotatable bonds is 1. The molecule has 0 amide bonds. The van der Waals surface area contributed by atoms with Crippen LogP contribution in [0.15, 0.2) is 15.9 Å². The van der Waals surface area contributed by atoms with Gasteiger partial charge in [0.25, 0.3) is 0 Å². The van der Waals surface area contributed by atoms with Gasteiger partial charge in [-0.1, -0.05) is 11.8 Å². The van der Waals surface area contributed by atoms with E-state index in [1.807, 2.05) is 11.4 Å². The number of thiophene rings is 1. The van der Waals surface area contributed by atoms with Crippen LogP contribution in [0.4, 0.5) is 0 Å². The summed E-state index contributed by atoms with van der Waals surface area (Å²) in [7, 11) is 0. The van der Waals surface area contributed by atoms with E-state index in [1.165, 1.54) is 0 Å². The Labute approximate surface area is 83.7 Å². The van der Waals surface area contributed by atoms with E-state index in [2.05, 4.69) is 27.8 Å². The van der Waals surface area contributed by atoms with Gasteiger partial charge in [-0.25, -0.2) is 0 Å². The highest BCUT2D eigenvalue weighted by atomic mass is 79.9. The lowest BCUT2D eigenvalue weighted by Crippen LogP contribution is -1.68. The summed E-state index contributed by atoms with van der Waals surface area (Å²) < 4.78 is 1.07. The zero-order valence-corrected chi connectivity index (χ0v) is 8.89. The normalized spacial score (nSPS) is 8.91. The van der Waals surface area contributed by atoms with E-state index in [0.717, 1.165) is 15.8 Å². The van der Waals surface area contributed by atoms with Crippen molar-refractivity contribution < 1.29 is 0 Å². The summed E-state index contributed by atoms with van der Waals surface area (Å²) in [5, 5.41) is 2.01. The third-order valence-corrected chi connectivity index (χ3v) is 2.98. The van der Waals surface area contributed by atoms with Crippen molar-refractivity contribution in [2.45, 2.75) is 6.42 Å². The minimum Gasteiger partial charge on any atom is -0.134 e. The maximum Gasteiger partial charge on any atom is 0.0910 e. The zero-order chi connectivity index (χ0) is 8.10.